The van der Waals surface area contributed by atoms with Crippen molar-refractivity contribution < 1.29 is 30.7 Å². The summed E-state index contributed by atoms with van der Waals surface area (Å²) in [5.74, 6) is -1.01. The second-order valence-electron chi connectivity index (χ2n) is 7.25. The first-order chi connectivity index (χ1) is 15.1. The maximum atomic E-state index is 13.4. The lowest BCUT2D eigenvalue weighted by atomic mass is 9.93. The summed E-state index contributed by atoms with van der Waals surface area (Å²) in [6.07, 6.45) is 1.76. The monoisotopic (exact) mass is 483 g/mol. The zero-order valence-electron chi connectivity index (χ0n) is 18.3. The number of fused-ring (bicyclic) bond motifs is 1. The van der Waals surface area contributed by atoms with Gasteiger partial charge in [-0.1, -0.05) is 12.1 Å². The average molecular weight is 484 g/mol. The highest BCUT2D eigenvalue weighted by Gasteiger charge is 2.33. The number of aromatic nitrogens is 2. The third-order valence-corrected chi connectivity index (χ3v) is 8.17. The van der Waals surface area contributed by atoms with E-state index in [1.54, 1.807) is 20.8 Å². The normalized spacial score (nSPS) is 16.6. The van der Waals surface area contributed by atoms with Gasteiger partial charge in [0.25, 0.3) is 0 Å². The Bertz CT molecular complexity index is 1290. The van der Waals surface area contributed by atoms with Crippen LogP contribution in [0, 0.1) is 6.92 Å². The quantitative estimate of drug-likeness (QED) is 0.316. The molecule has 0 radical (unpaired) electrons. The van der Waals surface area contributed by atoms with Gasteiger partial charge in [-0.3, -0.25) is 4.79 Å². The second-order valence-corrected chi connectivity index (χ2v) is 11.0. The number of hydrogen-bond donors (Lipinski definition) is 0. The van der Waals surface area contributed by atoms with Crippen molar-refractivity contribution in [3.8, 4) is 5.88 Å². The summed E-state index contributed by atoms with van der Waals surface area (Å²) in [6.45, 7) is 5.35. The first-order valence-corrected chi connectivity index (χ1v) is 13.3. The molecule has 3 rings (SSSR count). The van der Waals surface area contributed by atoms with Crippen molar-refractivity contribution in [1.82, 2.24) is 9.78 Å². The van der Waals surface area contributed by atoms with Crippen molar-refractivity contribution in [2.75, 3.05) is 18.6 Å². The average Bonchev–Trinajstić information content (AvgIpc) is 3.11. The molecular weight excluding hydrogens is 458 g/mol. The van der Waals surface area contributed by atoms with Crippen molar-refractivity contribution in [2.24, 2.45) is 5.16 Å². The van der Waals surface area contributed by atoms with Crippen molar-refractivity contribution in [2.45, 2.75) is 45.1 Å². The zero-order chi connectivity index (χ0) is 23.7. The molecule has 1 aromatic carbocycles. The van der Waals surface area contributed by atoms with Gasteiger partial charge in [-0.25, -0.2) is 13.1 Å². The molecule has 0 aliphatic carbocycles. The first kappa shape index (κ1) is 23.9. The van der Waals surface area contributed by atoms with Gasteiger partial charge in [-0.2, -0.15) is 13.5 Å². The minimum atomic E-state index is -3.91. The fraction of sp³-hybridized carbons (Fsp3) is 0.450. The van der Waals surface area contributed by atoms with Crippen LogP contribution in [0.2, 0.25) is 0 Å². The number of aryl methyl sites for hydroxylation is 1. The van der Waals surface area contributed by atoms with Gasteiger partial charge >= 0.3 is 10.1 Å². The van der Waals surface area contributed by atoms with E-state index in [9.17, 15) is 21.6 Å². The smallest absolute Gasteiger partial charge is 0.310 e. The molecule has 1 aromatic heterocycles. The van der Waals surface area contributed by atoms with Crippen LogP contribution in [0.4, 0.5) is 0 Å². The summed E-state index contributed by atoms with van der Waals surface area (Å²) >= 11 is 0. The molecule has 2 heterocycles. The number of carbonyl (C=O) groups excluding carboxylic acids is 1. The summed E-state index contributed by atoms with van der Waals surface area (Å²) in [5, 5.41) is 8.03. The Kier molecular flexibility index (Phi) is 6.75. The van der Waals surface area contributed by atoms with Crippen LogP contribution in [0.5, 0.6) is 5.88 Å². The SMILES string of the molecule is CCCS(=O)(=O)Oc1c(C(=O)c2ccc3c(c2C)/C(=N/OC)CCS3(=O)=O)cnn1CC. The second kappa shape index (κ2) is 9.02. The molecule has 1 aliphatic heterocycles. The van der Waals surface area contributed by atoms with Crippen LogP contribution in [-0.4, -0.2) is 56.7 Å². The Labute approximate surface area is 187 Å². The Hall–Kier alpha value is -2.73. The Morgan fingerprint density at radius 1 is 1.25 bits per heavy atom. The van der Waals surface area contributed by atoms with Crippen LogP contribution in [0.15, 0.2) is 28.4 Å². The van der Waals surface area contributed by atoms with Gasteiger partial charge in [0.1, 0.15) is 12.7 Å². The number of benzene rings is 1. The van der Waals surface area contributed by atoms with Crippen LogP contribution in [-0.2, 0) is 31.3 Å². The maximum Gasteiger partial charge on any atom is 0.310 e. The highest BCUT2D eigenvalue weighted by atomic mass is 32.2. The largest absolute Gasteiger partial charge is 0.399 e. The van der Waals surface area contributed by atoms with E-state index in [-0.39, 0.29) is 46.4 Å². The number of ketones is 1. The first-order valence-electron chi connectivity index (χ1n) is 10.1. The molecule has 0 saturated heterocycles. The minimum Gasteiger partial charge on any atom is -0.399 e. The van der Waals surface area contributed by atoms with E-state index >= 15 is 0 Å². The molecule has 0 N–H and O–H groups in total. The minimum absolute atomic E-state index is 0.0292. The van der Waals surface area contributed by atoms with Crippen molar-refractivity contribution >= 4 is 31.5 Å². The summed E-state index contributed by atoms with van der Waals surface area (Å²) < 4.78 is 56.1. The van der Waals surface area contributed by atoms with Crippen LogP contribution in [0.25, 0.3) is 0 Å². The maximum absolute atomic E-state index is 13.4. The Morgan fingerprint density at radius 3 is 2.59 bits per heavy atom. The van der Waals surface area contributed by atoms with Crippen LogP contribution >= 0.6 is 0 Å². The van der Waals surface area contributed by atoms with E-state index in [0.29, 0.717) is 23.3 Å². The lowest BCUT2D eigenvalue weighted by Gasteiger charge is -2.21. The van der Waals surface area contributed by atoms with Crippen LogP contribution in [0.3, 0.4) is 0 Å². The zero-order valence-corrected chi connectivity index (χ0v) is 19.9. The molecule has 2 aromatic rings. The summed E-state index contributed by atoms with van der Waals surface area (Å²) in [5.41, 5.74) is 1.32. The highest BCUT2D eigenvalue weighted by Crippen LogP contribution is 2.32. The number of rotatable bonds is 8. The summed E-state index contributed by atoms with van der Waals surface area (Å²) in [4.78, 5) is 18.4. The summed E-state index contributed by atoms with van der Waals surface area (Å²) in [6, 6.07) is 2.78. The lowest BCUT2D eigenvalue weighted by Crippen LogP contribution is -2.24. The lowest BCUT2D eigenvalue weighted by molar-refractivity contribution is 0.103. The van der Waals surface area contributed by atoms with Crippen molar-refractivity contribution in [1.29, 1.82) is 0 Å². The highest BCUT2D eigenvalue weighted by molar-refractivity contribution is 7.91. The van der Waals surface area contributed by atoms with E-state index in [1.807, 2.05) is 0 Å². The van der Waals surface area contributed by atoms with Gasteiger partial charge in [0.15, 0.2) is 15.6 Å². The van der Waals surface area contributed by atoms with Crippen LogP contribution < -0.4 is 4.18 Å². The molecule has 0 spiro atoms. The third-order valence-electron chi connectivity index (χ3n) is 5.10. The predicted octanol–water partition coefficient (Wildman–Crippen LogP) is 2.09. The van der Waals surface area contributed by atoms with Gasteiger partial charge in [0.05, 0.1) is 28.3 Å². The number of sulfone groups is 1. The molecule has 1 aliphatic rings. The van der Waals surface area contributed by atoms with Gasteiger partial charge in [0, 0.05) is 24.1 Å². The molecular formula is C20H25N3O7S2. The molecule has 0 unspecified atom stereocenters. The number of oxime groups is 1. The topological polar surface area (TPSA) is 134 Å². The van der Waals surface area contributed by atoms with E-state index in [4.69, 9.17) is 9.02 Å². The van der Waals surface area contributed by atoms with Crippen molar-refractivity contribution in [3.63, 3.8) is 0 Å². The van der Waals surface area contributed by atoms with E-state index in [0.717, 1.165) is 0 Å². The molecule has 0 bridgehead atoms. The number of carbonyl (C=O) groups is 1. The number of hydrogen-bond acceptors (Lipinski definition) is 9. The van der Waals surface area contributed by atoms with Gasteiger partial charge in [-0.15, -0.1) is 0 Å². The molecule has 12 heteroatoms. The van der Waals surface area contributed by atoms with Crippen molar-refractivity contribution in [3.05, 3.63) is 40.6 Å². The fourth-order valence-corrected chi connectivity index (χ4v) is 6.16. The summed E-state index contributed by atoms with van der Waals surface area (Å²) in [7, 11) is -6.08. The molecule has 10 nitrogen and oxygen atoms in total. The fourth-order valence-electron chi connectivity index (χ4n) is 3.62. The van der Waals surface area contributed by atoms with E-state index in [1.165, 1.54) is 30.1 Å². The Balaban J connectivity index is 2.15. The Morgan fingerprint density at radius 2 is 1.97 bits per heavy atom. The molecule has 0 atom stereocenters. The predicted molar refractivity (Wildman–Crippen MR) is 117 cm³/mol. The standard InChI is InChI=1S/C20H25N3O7S2/c1-5-10-32(27,28)30-20-15(12-21-23(20)6-2)19(24)14-7-8-17-18(13(14)3)16(22-29-4)9-11-31(17,25)26/h7-8,12H,5-6,9-11H2,1-4H3/b22-16+. The van der Waals surface area contributed by atoms with Crippen LogP contribution in [0.1, 0.15) is 53.7 Å². The van der Waals surface area contributed by atoms with E-state index in [2.05, 4.69) is 10.3 Å². The molecule has 0 saturated carbocycles. The van der Waals surface area contributed by atoms with Gasteiger partial charge < -0.3 is 9.02 Å². The molecule has 32 heavy (non-hydrogen) atoms. The van der Waals surface area contributed by atoms with Gasteiger partial charge in [-0.05, 0) is 38.0 Å². The van der Waals surface area contributed by atoms with Gasteiger partial charge in [0.2, 0.25) is 5.88 Å². The number of nitrogens with zero attached hydrogens (tertiary/aromatic N) is 3. The molecule has 174 valence electrons. The molecule has 0 fully saturated rings. The third kappa shape index (κ3) is 4.42. The molecule has 0 amide bonds. The van der Waals surface area contributed by atoms with E-state index < -0.39 is 25.7 Å².